The van der Waals surface area contributed by atoms with Gasteiger partial charge in [-0.15, -0.1) is 11.3 Å². The van der Waals surface area contributed by atoms with E-state index in [-0.39, 0.29) is 24.7 Å². The topological polar surface area (TPSA) is 92.5 Å². The molecule has 0 fully saturated rings. The van der Waals surface area contributed by atoms with Gasteiger partial charge in [0, 0.05) is 6.04 Å². The summed E-state index contributed by atoms with van der Waals surface area (Å²) in [5.41, 5.74) is -0.298. The van der Waals surface area contributed by atoms with Gasteiger partial charge in [-0.05, 0) is 25.3 Å². The smallest absolute Gasteiger partial charge is 0.323 e. The lowest BCUT2D eigenvalue weighted by Gasteiger charge is -2.25. The van der Waals surface area contributed by atoms with Crippen molar-refractivity contribution in [3.05, 3.63) is 28.1 Å². The molecule has 0 bridgehead atoms. The summed E-state index contributed by atoms with van der Waals surface area (Å²) in [6, 6.07) is 1.40. The van der Waals surface area contributed by atoms with Crippen LogP contribution in [0.5, 0.6) is 0 Å². The predicted octanol–water partition coefficient (Wildman–Crippen LogP) is 0.780. The van der Waals surface area contributed by atoms with E-state index in [4.69, 9.17) is 5.11 Å². The fourth-order valence-corrected chi connectivity index (χ4v) is 2.67. The van der Waals surface area contributed by atoms with Crippen LogP contribution in [0.4, 0.5) is 0 Å². The maximum atomic E-state index is 12.2. The number of carbonyl (C=O) groups is 2. The fourth-order valence-electron chi connectivity index (χ4n) is 1.95. The number of thiophene rings is 1. The van der Waals surface area contributed by atoms with Gasteiger partial charge in [-0.2, -0.15) is 0 Å². The summed E-state index contributed by atoms with van der Waals surface area (Å²) in [5, 5.41) is 11.1. The molecule has 0 radical (unpaired) electrons. The summed E-state index contributed by atoms with van der Waals surface area (Å²) in [4.78, 5) is 41.1. The molecule has 0 saturated heterocycles. The third-order valence-corrected chi connectivity index (χ3v) is 3.83. The number of amides is 1. The molecule has 7 nitrogen and oxygen atoms in total. The molecule has 0 aliphatic heterocycles. The normalized spacial score (nSPS) is 11.0. The highest BCUT2D eigenvalue weighted by atomic mass is 32.1. The Morgan fingerprint density at radius 2 is 2.19 bits per heavy atom. The number of hydrogen-bond acceptors (Lipinski definition) is 5. The molecular formula is C13H15N3O4S. The van der Waals surface area contributed by atoms with E-state index < -0.39 is 11.9 Å². The minimum absolute atomic E-state index is 0.219. The van der Waals surface area contributed by atoms with Crippen LogP contribution >= 0.6 is 11.3 Å². The first-order valence-corrected chi connectivity index (χ1v) is 7.22. The van der Waals surface area contributed by atoms with Crippen LogP contribution in [0.15, 0.2) is 22.6 Å². The Hall–Kier alpha value is -2.22. The van der Waals surface area contributed by atoms with Crippen molar-refractivity contribution in [3.8, 4) is 0 Å². The standard InChI is InChI=1S/C13H15N3O4S/c1-8(2)16(6-11(18)19)10(17)5-15-7-14-12-9(13(15)20)3-4-21-12/h3-4,7-8H,5-6H2,1-2H3,(H,18,19). The zero-order valence-corrected chi connectivity index (χ0v) is 12.5. The molecule has 2 rings (SSSR count). The quantitative estimate of drug-likeness (QED) is 0.881. The molecule has 1 amide bonds. The van der Waals surface area contributed by atoms with Gasteiger partial charge in [-0.1, -0.05) is 0 Å². The summed E-state index contributed by atoms with van der Waals surface area (Å²) >= 11 is 1.35. The highest BCUT2D eigenvalue weighted by Gasteiger charge is 2.20. The molecule has 0 aromatic carbocycles. The van der Waals surface area contributed by atoms with Crippen molar-refractivity contribution in [2.24, 2.45) is 0 Å². The van der Waals surface area contributed by atoms with Crippen molar-refractivity contribution in [1.29, 1.82) is 0 Å². The number of carboxylic acids is 1. The number of rotatable bonds is 5. The number of nitrogens with zero attached hydrogens (tertiary/aromatic N) is 3. The number of carboxylic acid groups (broad SMARTS) is 1. The van der Waals surface area contributed by atoms with Gasteiger partial charge in [0.25, 0.3) is 5.56 Å². The molecule has 112 valence electrons. The molecule has 8 heteroatoms. The molecule has 1 N–H and O–H groups in total. The maximum Gasteiger partial charge on any atom is 0.323 e. The van der Waals surface area contributed by atoms with Crippen molar-refractivity contribution >= 4 is 33.4 Å². The van der Waals surface area contributed by atoms with Gasteiger partial charge in [-0.25, -0.2) is 4.98 Å². The maximum absolute atomic E-state index is 12.2. The number of carbonyl (C=O) groups excluding carboxylic acids is 1. The van der Waals surface area contributed by atoms with Crippen molar-refractivity contribution in [3.63, 3.8) is 0 Å². The number of fused-ring (bicyclic) bond motifs is 1. The second-order valence-corrected chi connectivity index (χ2v) is 5.72. The van der Waals surface area contributed by atoms with Gasteiger partial charge < -0.3 is 10.0 Å². The van der Waals surface area contributed by atoms with Gasteiger partial charge in [0.05, 0.1) is 11.7 Å². The lowest BCUT2D eigenvalue weighted by atomic mass is 10.3. The monoisotopic (exact) mass is 309 g/mol. The Morgan fingerprint density at radius 3 is 2.81 bits per heavy atom. The number of hydrogen-bond donors (Lipinski definition) is 1. The van der Waals surface area contributed by atoms with Crippen LogP contribution in [0.25, 0.3) is 10.2 Å². The third kappa shape index (κ3) is 3.27. The summed E-state index contributed by atoms with van der Waals surface area (Å²) in [6.07, 6.45) is 1.32. The van der Waals surface area contributed by atoms with Crippen LogP contribution in [0.1, 0.15) is 13.8 Å². The molecule has 0 saturated carbocycles. The number of aromatic nitrogens is 2. The second-order valence-electron chi connectivity index (χ2n) is 4.83. The Morgan fingerprint density at radius 1 is 1.48 bits per heavy atom. The zero-order chi connectivity index (χ0) is 15.6. The molecule has 0 aliphatic rings. The SMILES string of the molecule is CC(C)N(CC(=O)O)C(=O)Cn1cnc2sccc2c1=O. The first-order valence-electron chi connectivity index (χ1n) is 6.34. The second kappa shape index (κ2) is 6.04. The van der Waals surface area contributed by atoms with Gasteiger partial charge >= 0.3 is 5.97 Å². The van der Waals surface area contributed by atoms with Crippen molar-refractivity contribution < 1.29 is 14.7 Å². The van der Waals surface area contributed by atoms with E-state index in [0.29, 0.717) is 10.2 Å². The Labute approximate surface area is 124 Å². The van der Waals surface area contributed by atoms with Crippen LogP contribution < -0.4 is 5.56 Å². The largest absolute Gasteiger partial charge is 0.480 e. The summed E-state index contributed by atoms with van der Waals surface area (Å²) in [5.74, 6) is -1.51. The predicted molar refractivity (Wildman–Crippen MR) is 78.4 cm³/mol. The van der Waals surface area contributed by atoms with Crippen LogP contribution in [0.2, 0.25) is 0 Å². The minimum atomic E-state index is -1.09. The lowest BCUT2D eigenvalue weighted by Crippen LogP contribution is -2.43. The van der Waals surface area contributed by atoms with Crippen molar-refractivity contribution in [2.75, 3.05) is 6.54 Å². The molecule has 0 aliphatic carbocycles. The van der Waals surface area contributed by atoms with Crippen LogP contribution in [-0.2, 0) is 16.1 Å². The van der Waals surface area contributed by atoms with Crippen LogP contribution in [0, 0.1) is 0 Å². The summed E-state index contributed by atoms with van der Waals surface area (Å²) in [7, 11) is 0. The Kier molecular flexibility index (Phi) is 4.37. The summed E-state index contributed by atoms with van der Waals surface area (Å²) < 4.78 is 1.20. The minimum Gasteiger partial charge on any atom is -0.480 e. The molecule has 0 spiro atoms. The Bertz CT molecular complexity index is 734. The lowest BCUT2D eigenvalue weighted by molar-refractivity contribution is -0.146. The van der Waals surface area contributed by atoms with Gasteiger partial charge in [-0.3, -0.25) is 19.0 Å². The van der Waals surface area contributed by atoms with Gasteiger partial charge in [0.15, 0.2) is 0 Å². The summed E-state index contributed by atoms with van der Waals surface area (Å²) in [6.45, 7) is 2.84. The zero-order valence-electron chi connectivity index (χ0n) is 11.6. The van der Waals surface area contributed by atoms with E-state index in [9.17, 15) is 14.4 Å². The number of aliphatic carboxylic acids is 1. The average molecular weight is 309 g/mol. The molecule has 2 aromatic rings. The van der Waals surface area contributed by atoms with E-state index >= 15 is 0 Å². The molecule has 21 heavy (non-hydrogen) atoms. The molecule has 0 atom stereocenters. The van der Waals surface area contributed by atoms with E-state index in [0.717, 1.165) is 0 Å². The molecular weight excluding hydrogens is 294 g/mol. The third-order valence-electron chi connectivity index (χ3n) is 3.01. The van der Waals surface area contributed by atoms with E-state index in [1.54, 1.807) is 25.3 Å². The van der Waals surface area contributed by atoms with E-state index in [1.807, 2.05) is 0 Å². The highest BCUT2D eigenvalue weighted by Crippen LogP contribution is 2.13. The first-order chi connectivity index (χ1) is 9.90. The van der Waals surface area contributed by atoms with E-state index in [2.05, 4.69) is 4.98 Å². The average Bonchev–Trinajstić information content (AvgIpc) is 2.87. The highest BCUT2D eigenvalue weighted by molar-refractivity contribution is 7.16. The van der Waals surface area contributed by atoms with Crippen LogP contribution in [-0.4, -0.2) is 44.0 Å². The Balaban J connectivity index is 2.25. The fraction of sp³-hybridized carbons (Fsp3) is 0.385. The molecule has 0 unspecified atom stereocenters. The van der Waals surface area contributed by atoms with E-state index in [1.165, 1.54) is 27.1 Å². The van der Waals surface area contributed by atoms with Crippen molar-refractivity contribution in [2.45, 2.75) is 26.4 Å². The molecule has 2 aromatic heterocycles. The van der Waals surface area contributed by atoms with Gasteiger partial charge in [0.2, 0.25) is 5.91 Å². The molecule has 2 heterocycles. The van der Waals surface area contributed by atoms with Gasteiger partial charge in [0.1, 0.15) is 17.9 Å². The van der Waals surface area contributed by atoms with Crippen LogP contribution in [0.3, 0.4) is 0 Å². The van der Waals surface area contributed by atoms with Crippen molar-refractivity contribution in [1.82, 2.24) is 14.5 Å². The first kappa shape index (κ1) is 15.2.